The molecule has 0 fully saturated rings. The first-order valence-electron chi connectivity index (χ1n) is 10.0. The van der Waals surface area contributed by atoms with Crippen LogP contribution in [0.15, 0.2) is 24.3 Å². The number of alkyl halides is 2. The van der Waals surface area contributed by atoms with Gasteiger partial charge in [-0.25, -0.2) is 0 Å². The zero-order valence-electron chi connectivity index (χ0n) is 18.0. The lowest BCUT2D eigenvalue weighted by Gasteiger charge is -2.18. The molecule has 2 unspecified atom stereocenters. The van der Waals surface area contributed by atoms with E-state index in [-0.39, 0.29) is 24.3 Å². The summed E-state index contributed by atoms with van der Waals surface area (Å²) >= 11 is 11.4. The number of aliphatic hydroxyl groups excluding tert-OH is 1. The molecule has 1 N–H and O–H groups in total. The van der Waals surface area contributed by atoms with Crippen molar-refractivity contribution < 1.29 is 19.4 Å². The number of aliphatic hydroxyl groups is 1. The number of aldehydes is 1. The first-order valence-corrected chi connectivity index (χ1v) is 11.1. The lowest BCUT2D eigenvalue weighted by Crippen LogP contribution is -2.15. The second-order valence-electron chi connectivity index (χ2n) is 7.69. The maximum atomic E-state index is 11.0. The lowest BCUT2D eigenvalue weighted by molar-refractivity contribution is -0.111. The van der Waals surface area contributed by atoms with Crippen LogP contribution in [0.3, 0.4) is 0 Å². The topological polar surface area (TPSA) is 55.8 Å². The first kappa shape index (κ1) is 24.5. The number of aryl methyl sites for hydroxylation is 4. The van der Waals surface area contributed by atoms with Crippen LogP contribution in [0.25, 0.3) is 11.1 Å². The molecule has 4 nitrogen and oxygen atoms in total. The minimum atomic E-state index is -0.551. The average molecular weight is 453 g/mol. The quantitative estimate of drug-likeness (QED) is 0.366. The van der Waals surface area contributed by atoms with E-state index in [2.05, 4.69) is 24.3 Å². The van der Waals surface area contributed by atoms with Crippen LogP contribution in [-0.2, 0) is 4.79 Å². The summed E-state index contributed by atoms with van der Waals surface area (Å²) in [7, 11) is 0. The van der Waals surface area contributed by atoms with E-state index in [1.54, 1.807) is 0 Å². The van der Waals surface area contributed by atoms with Crippen LogP contribution in [0.1, 0.15) is 28.7 Å². The average Bonchev–Trinajstić information content (AvgIpc) is 2.71. The molecule has 164 valence electrons. The molecule has 0 amide bonds. The van der Waals surface area contributed by atoms with Crippen LogP contribution in [0, 0.1) is 33.6 Å². The molecule has 0 heterocycles. The van der Waals surface area contributed by atoms with Crippen molar-refractivity contribution in [2.24, 2.45) is 5.92 Å². The summed E-state index contributed by atoms with van der Waals surface area (Å²) in [6.07, 6.45) is 0.778. The van der Waals surface area contributed by atoms with Gasteiger partial charge in [-0.2, -0.15) is 0 Å². The molecule has 0 aliphatic heterocycles. The Morgan fingerprint density at radius 2 is 1.33 bits per heavy atom. The van der Waals surface area contributed by atoms with E-state index < -0.39 is 6.10 Å². The zero-order chi connectivity index (χ0) is 22.3. The summed E-state index contributed by atoms with van der Waals surface area (Å²) in [5, 5.41) is 9.59. The van der Waals surface area contributed by atoms with Crippen LogP contribution >= 0.6 is 23.2 Å². The van der Waals surface area contributed by atoms with Crippen LogP contribution < -0.4 is 9.47 Å². The van der Waals surface area contributed by atoms with Gasteiger partial charge in [0.1, 0.15) is 17.8 Å². The van der Waals surface area contributed by atoms with Crippen molar-refractivity contribution in [2.75, 3.05) is 25.0 Å². The fourth-order valence-corrected chi connectivity index (χ4v) is 3.69. The Labute approximate surface area is 189 Å². The Bertz CT molecular complexity index is 820. The molecule has 0 saturated carbocycles. The maximum absolute atomic E-state index is 11.0. The molecule has 0 aliphatic carbocycles. The molecule has 30 heavy (non-hydrogen) atoms. The van der Waals surface area contributed by atoms with Gasteiger partial charge < -0.3 is 19.4 Å². The third kappa shape index (κ3) is 6.37. The smallest absolute Gasteiger partial charge is 0.127 e. The van der Waals surface area contributed by atoms with Crippen LogP contribution in [0.2, 0.25) is 0 Å². The molecule has 0 spiro atoms. The fraction of sp³-hybridized carbons (Fsp3) is 0.458. The van der Waals surface area contributed by atoms with Gasteiger partial charge in [0.2, 0.25) is 0 Å². The fourth-order valence-electron chi connectivity index (χ4n) is 3.37. The van der Waals surface area contributed by atoms with Crippen LogP contribution in [0.4, 0.5) is 0 Å². The summed E-state index contributed by atoms with van der Waals surface area (Å²) in [6.45, 7) is 8.74. The minimum Gasteiger partial charge on any atom is -0.493 e. The number of halogens is 2. The van der Waals surface area contributed by atoms with Crippen LogP contribution in [-0.4, -0.2) is 42.5 Å². The van der Waals surface area contributed by atoms with Crippen molar-refractivity contribution in [3.8, 4) is 22.6 Å². The van der Waals surface area contributed by atoms with Crippen molar-refractivity contribution in [1.29, 1.82) is 0 Å². The van der Waals surface area contributed by atoms with Gasteiger partial charge in [-0.3, -0.25) is 0 Å². The largest absolute Gasteiger partial charge is 0.493 e. The highest BCUT2D eigenvalue weighted by molar-refractivity contribution is 6.18. The Balaban J connectivity index is 2.22. The number of carbonyl (C=O) groups is 1. The normalized spacial score (nSPS) is 13.0. The van der Waals surface area contributed by atoms with E-state index in [1.807, 2.05) is 27.7 Å². The molecular formula is C24H30Cl2O4. The molecule has 6 heteroatoms. The summed E-state index contributed by atoms with van der Waals surface area (Å²) in [4.78, 5) is 11.0. The minimum absolute atomic E-state index is 0.209. The highest BCUT2D eigenvalue weighted by atomic mass is 35.5. The molecule has 2 atom stereocenters. The van der Waals surface area contributed by atoms with Gasteiger partial charge >= 0.3 is 0 Å². The van der Waals surface area contributed by atoms with E-state index in [4.69, 9.17) is 32.7 Å². The summed E-state index contributed by atoms with van der Waals surface area (Å²) < 4.78 is 11.8. The molecule has 0 aliphatic rings. The van der Waals surface area contributed by atoms with E-state index in [9.17, 15) is 9.90 Å². The molecular weight excluding hydrogens is 423 g/mol. The highest BCUT2D eigenvalue weighted by Crippen LogP contribution is 2.34. The highest BCUT2D eigenvalue weighted by Gasteiger charge is 2.14. The Hall–Kier alpha value is -1.75. The molecule has 0 bridgehead atoms. The number of ether oxygens (including phenoxy) is 2. The predicted octanol–water partition coefficient (Wildman–Crippen LogP) is 5.39. The molecule has 2 aromatic carbocycles. The number of benzene rings is 2. The zero-order valence-corrected chi connectivity index (χ0v) is 19.5. The predicted molar refractivity (Wildman–Crippen MR) is 123 cm³/mol. The van der Waals surface area contributed by atoms with E-state index in [1.165, 1.54) is 0 Å². The van der Waals surface area contributed by atoms with Gasteiger partial charge in [-0.1, -0.05) is 0 Å². The van der Waals surface area contributed by atoms with Crippen molar-refractivity contribution in [2.45, 2.75) is 40.2 Å². The molecule has 0 saturated heterocycles. The standard InChI is InChI=1S/C24H30Cl2O4/c1-15-7-20(8-16(2)23(15)29-6-5-22(28)12-26)21-9-17(3)24(18(4)10-21)30-14-19(11-25)13-27/h7-10,13,19,22,28H,5-6,11-12,14H2,1-4H3. The maximum Gasteiger partial charge on any atom is 0.127 e. The SMILES string of the molecule is Cc1cc(-c2cc(C)c(OCC(C=O)CCl)c(C)c2)cc(C)c1OCCC(O)CCl. The number of hydrogen-bond donors (Lipinski definition) is 1. The van der Waals surface area contributed by atoms with Crippen molar-refractivity contribution in [1.82, 2.24) is 0 Å². The summed E-state index contributed by atoms with van der Waals surface area (Å²) in [6, 6.07) is 8.38. The van der Waals surface area contributed by atoms with Gasteiger partial charge in [0.25, 0.3) is 0 Å². The van der Waals surface area contributed by atoms with Crippen molar-refractivity contribution in [3.05, 3.63) is 46.5 Å². The van der Waals surface area contributed by atoms with Gasteiger partial charge in [0, 0.05) is 18.2 Å². The number of rotatable bonds is 11. The molecule has 0 radical (unpaired) electrons. The third-order valence-corrected chi connectivity index (χ3v) is 5.71. The van der Waals surface area contributed by atoms with E-state index in [0.717, 1.165) is 51.2 Å². The van der Waals surface area contributed by atoms with Crippen molar-refractivity contribution in [3.63, 3.8) is 0 Å². The van der Waals surface area contributed by atoms with Gasteiger partial charge in [-0.05, 0) is 85.3 Å². The summed E-state index contributed by atoms with van der Waals surface area (Å²) in [5.74, 6) is 1.78. The van der Waals surface area contributed by atoms with Crippen molar-refractivity contribution >= 4 is 29.5 Å². The van der Waals surface area contributed by atoms with Gasteiger partial charge in [-0.15, -0.1) is 23.2 Å². The van der Waals surface area contributed by atoms with E-state index in [0.29, 0.717) is 13.0 Å². The second kappa shape index (κ2) is 11.6. The Morgan fingerprint density at radius 1 is 0.867 bits per heavy atom. The molecule has 2 aromatic rings. The molecule has 0 aromatic heterocycles. The monoisotopic (exact) mass is 452 g/mol. The number of hydrogen-bond acceptors (Lipinski definition) is 4. The second-order valence-corrected chi connectivity index (χ2v) is 8.30. The lowest BCUT2D eigenvalue weighted by atomic mass is 9.96. The molecule has 2 rings (SSSR count). The third-order valence-electron chi connectivity index (χ3n) is 4.96. The number of carbonyl (C=O) groups excluding carboxylic acids is 1. The first-order chi connectivity index (χ1) is 14.3. The van der Waals surface area contributed by atoms with Gasteiger partial charge in [0.05, 0.1) is 25.2 Å². The van der Waals surface area contributed by atoms with Gasteiger partial charge in [0.15, 0.2) is 0 Å². The summed E-state index contributed by atoms with van der Waals surface area (Å²) in [5.41, 5.74) is 6.29. The Morgan fingerprint density at radius 3 is 1.73 bits per heavy atom. The van der Waals surface area contributed by atoms with Crippen LogP contribution in [0.5, 0.6) is 11.5 Å². The Kier molecular flexibility index (Phi) is 9.47. The van der Waals surface area contributed by atoms with E-state index >= 15 is 0 Å².